The number of hydrogen-bond acceptors (Lipinski definition) is 2. The third-order valence-electron chi connectivity index (χ3n) is 4.34. The molecule has 3 N–H and O–H groups in total. The summed E-state index contributed by atoms with van der Waals surface area (Å²) in [6, 6.07) is 6.69. The Morgan fingerprint density at radius 2 is 2.05 bits per heavy atom. The Labute approximate surface area is 116 Å². The van der Waals surface area contributed by atoms with Crippen LogP contribution in [0.4, 0.5) is 9.18 Å². The first-order chi connectivity index (χ1) is 8.66. The molecule has 6 heteroatoms. The highest BCUT2D eigenvalue weighted by molar-refractivity contribution is 5.85. The third kappa shape index (κ3) is 2.07. The van der Waals surface area contributed by atoms with E-state index in [-0.39, 0.29) is 23.6 Å². The molecule has 1 aromatic carbocycles. The average Bonchev–Trinajstić information content (AvgIpc) is 2.73. The smallest absolute Gasteiger partial charge is 0.404 e. The van der Waals surface area contributed by atoms with Crippen molar-refractivity contribution in [3.05, 3.63) is 35.6 Å². The van der Waals surface area contributed by atoms with Gasteiger partial charge in [0, 0.05) is 12.0 Å². The summed E-state index contributed by atoms with van der Waals surface area (Å²) in [5, 5.41) is 14.4. The van der Waals surface area contributed by atoms with E-state index in [4.69, 9.17) is 5.11 Å². The van der Waals surface area contributed by atoms with Crippen LogP contribution in [0.5, 0.6) is 0 Å². The van der Waals surface area contributed by atoms with Crippen LogP contribution in [0.15, 0.2) is 24.3 Å². The minimum absolute atomic E-state index is 0. The van der Waals surface area contributed by atoms with Gasteiger partial charge in [-0.2, -0.15) is 0 Å². The minimum Gasteiger partial charge on any atom is -0.465 e. The number of carbonyl (C=O) groups is 1. The topological polar surface area (TPSA) is 61.4 Å². The molecule has 1 aromatic rings. The lowest BCUT2D eigenvalue weighted by atomic mass is 9.89. The molecule has 19 heavy (non-hydrogen) atoms. The number of benzene rings is 1. The van der Waals surface area contributed by atoms with Gasteiger partial charge in [0.2, 0.25) is 0 Å². The second-order valence-electron chi connectivity index (χ2n) is 5.05. The van der Waals surface area contributed by atoms with Crippen molar-refractivity contribution in [3.63, 3.8) is 0 Å². The Morgan fingerprint density at radius 1 is 1.42 bits per heavy atom. The van der Waals surface area contributed by atoms with Gasteiger partial charge in [-0.3, -0.25) is 0 Å². The van der Waals surface area contributed by atoms with Gasteiger partial charge in [-0.05, 0) is 36.6 Å². The van der Waals surface area contributed by atoms with Gasteiger partial charge < -0.3 is 15.7 Å². The maximum Gasteiger partial charge on any atom is 0.404 e. The van der Waals surface area contributed by atoms with Crippen LogP contribution in [-0.4, -0.2) is 30.8 Å². The second-order valence-corrected chi connectivity index (χ2v) is 5.05. The van der Waals surface area contributed by atoms with Crippen LogP contribution in [-0.2, 0) is 5.41 Å². The molecule has 0 bridgehead atoms. The summed E-state index contributed by atoms with van der Waals surface area (Å²) in [6.45, 7) is 1.96. The largest absolute Gasteiger partial charge is 0.465 e. The molecule has 0 radical (unpaired) electrons. The van der Waals surface area contributed by atoms with Crippen LogP contribution in [0.3, 0.4) is 0 Å². The third-order valence-corrected chi connectivity index (χ3v) is 4.34. The molecule has 1 aliphatic heterocycles. The molecule has 3 atom stereocenters. The van der Waals surface area contributed by atoms with E-state index in [2.05, 4.69) is 10.6 Å². The van der Waals surface area contributed by atoms with E-state index in [1.165, 1.54) is 6.07 Å². The molecule has 2 fully saturated rings. The standard InChI is InChI=1S/C13H15FN2O2.ClH/c14-11-4-2-1-3-8(11)13(7-16-12(17)18)9-5-15-6-10(9)13;/h1-4,9-10,15-16H,5-7H2,(H,17,18);1H/t9-,10+,13-;. The highest BCUT2D eigenvalue weighted by Gasteiger charge is 2.67. The van der Waals surface area contributed by atoms with Crippen molar-refractivity contribution < 1.29 is 14.3 Å². The molecule has 1 saturated heterocycles. The first-order valence-electron chi connectivity index (χ1n) is 6.09. The Balaban J connectivity index is 0.00000133. The zero-order chi connectivity index (χ0) is 12.8. The Morgan fingerprint density at radius 3 is 2.63 bits per heavy atom. The van der Waals surface area contributed by atoms with Gasteiger partial charge in [0.15, 0.2) is 0 Å². The maximum absolute atomic E-state index is 14.0. The quantitative estimate of drug-likeness (QED) is 0.791. The number of halogens is 2. The fourth-order valence-electron chi connectivity index (χ4n) is 3.47. The summed E-state index contributed by atoms with van der Waals surface area (Å²) < 4.78 is 14.0. The number of piperidine rings is 1. The lowest BCUT2D eigenvalue weighted by molar-refractivity contribution is 0.192. The van der Waals surface area contributed by atoms with Gasteiger partial charge in [-0.15, -0.1) is 12.4 Å². The molecule has 4 nitrogen and oxygen atoms in total. The Hall–Kier alpha value is -1.33. The Kier molecular flexibility index (Phi) is 3.69. The SMILES string of the molecule is Cl.O=C(O)NC[C@@]1(c2ccccc2F)[C@@H]2CNC[C@@H]21. The van der Waals surface area contributed by atoms with Gasteiger partial charge in [-0.25, -0.2) is 9.18 Å². The summed E-state index contributed by atoms with van der Waals surface area (Å²) >= 11 is 0. The van der Waals surface area contributed by atoms with Gasteiger partial charge in [0.1, 0.15) is 5.82 Å². The minimum atomic E-state index is -1.05. The zero-order valence-corrected chi connectivity index (χ0v) is 11.0. The molecule has 1 heterocycles. The maximum atomic E-state index is 14.0. The summed E-state index contributed by atoms with van der Waals surface area (Å²) in [7, 11) is 0. The summed E-state index contributed by atoms with van der Waals surface area (Å²) in [4.78, 5) is 10.7. The lowest BCUT2D eigenvalue weighted by Gasteiger charge is -2.22. The van der Waals surface area contributed by atoms with Crippen molar-refractivity contribution in [3.8, 4) is 0 Å². The van der Waals surface area contributed by atoms with E-state index in [1.54, 1.807) is 12.1 Å². The highest BCUT2D eigenvalue weighted by Crippen LogP contribution is 2.61. The number of carboxylic acid groups (broad SMARTS) is 1. The number of nitrogens with one attached hydrogen (secondary N) is 2. The number of hydrogen-bond donors (Lipinski definition) is 3. The van der Waals surface area contributed by atoms with Crippen LogP contribution in [0.1, 0.15) is 5.56 Å². The van der Waals surface area contributed by atoms with Crippen LogP contribution < -0.4 is 10.6 Å². The van der Waals surface area contributed by atoms with E-state index in [0.29, 0.717) is 23.9 Å². The zero-order valence-electron chi connectivity index (χ0n) is 10.2. The van der Waals surface area contributed by atoms with E-state index >= 15 is 0 Å². The van der Waals surface area contributed by atoms with Gasteiger partial charge >= 0.3 is 6.09 Å². The van der Waals surface area contributed by atoms with Gasteiger partial charge in [-0.1, -0.05) is 18.2 Å². The molecule has 3 rings (SSSR count). The molecule has 104 valence electrons. The number of fused-ring (bicyclic) bond motifs is 1. The fraction of sp³-hybridized carbons (Fsp3) is 0.462. The first-order valence-corrected chi connectivity index (χ1v) is 6.09. The van der Waals surface area contributed by atoms with E-state index in [1.807, 2.05) is 6.07 Å². The van der Waals surface area contributed by atoms with Gasteiger partial charge in [0.25, 0.3) is 0 Å². The van der Waals surface area contributed by atoms with E-state index in [9.17, 15) is 9.18 Å². The Bertz CT molecular complexity index is 487. The second kappa shape index (κ2) is 4.98. The fourth-order valence-corrected chi connectivity index (χ4v) is 3.47. The van der Waals surface area contributed by atoms with Crippen molar-refractivity contribution in [2.75, 3.05) is 19.6 Å². The lowest BCUT2D eigenvalue weighted by Crippen LogP contribution is -2.37. The number of rotatable bonds is 3. The molecule has 1 amide bonds. The van der Waals surface area contributed by atoms with E-state index < -0.39 is 6.09 Å². The molecule has 0 unspecified atom stereocenters. The molecular weight excluding hydrogens is 271 g/mol. The molecule has 0 aromatic heterocycles. The van der Waals surface area contributed by atoms with Crippen LogP contribution in [0.25, 0.3) is 0 Å². The van der Waals surface area contributed by atoms with Crippen molar-refractivity contribution >= 4 is 18.5 Å². The van der Waals surface area contributed by atoms with Crippen LogP contribution >= 0.6 is 12.4 Å². The molecule has 1 aliphatic carbocycles. The van der Waals surface area contributed by atoms with Crippen molar-refractivity contribution in [1.29, 1.82) is 0 Å². The van der Waals surface area contributed by atoms with Crippen LogP contribution in [0.2, 0.25) is 0 Å². The van der Waals surface area contributed by atoms with Gasteiger partial charge in [0.05, 0.1) is 0 Å². The molecule has 2 aliphatic rings. The predicted molar refractivity (Wildman–Crippen MR) is 71.2 cm³/mol. The summed E-state index contributed by atoms with van der Waals surface area (Å²) in [5.41, 5.74) is 0.296. The van der Waals surface area contributed by atoms with Crippen molar-refractivity contribution in [2.45, 2.75) is 5.41 Å². The highest BCUT2D eigenvalue weighted by atomic mass is 35.5. The first kappa shape index (κ1) is 14.1. The number of amides is 1. The summed E-state index contributed by atoms with van der Waals surface area (Å²) in [5.74, 6) is 0.432. The molecule has 1 saturated carbocycles. The predicted octanol–water partition coefficient (Wildman–Crippen LogP) is 1.60. The normalized spacial score (nSPS) is 31.2. The van der Waals surface area contributed by atoms with Crippen LogP contribution in [0, 0.1) is 17.7 Å². The molecule has 0 spiro atoms. The van der Waals surface area contributed by atoms with Crippen molar-refractivity contribution in [2.24, 2.45) is 11.8 Å². The monoisotopic (exact) mass is 286 g/mol. The average molecular weight is 287 g/mol. The summed E-state index contributed by atoms with van der Waals surface area (Å²) in [6.07, 6.45) is -1.05. The van der Waals surface area contributed by atoms with E-state index in [0.717, 1.165) is 13.1 Å². The molecular formula is C13H16ClFN2O2. The van der Waals surface area contributed by atoms with Crippen molar-refractivity contribution in [1.82, 2.24) is 10.6 Å².